The van der Waals surface area contributed by atoms with E-state index in [0.29, 0.717) is 13.4 Å². The molecular weight excluding hydrogens is 583 g/mol. The summed E-state index contributed by atoms with van der Waals surface area (Å²) in [5.74, 6) is 0. The van der Waals surface area contributed by atoms with Crippen molar-refractivity contribution in [3.05, 3.63) is 200 Å². The van der Waals surface area contributed by atoms with Crippen LogP contribution in [0.5, 0.6) is 0 Å². The van der Waals surface area contributed by atoms with Crippen molar-refractivity contribution in [1.82, 2.24) is 13.4 Å². The van der Waals surface area contributed by atoms with Gasteiger partial charge in [0.05, 0.1) is 39.3 Å². The summed E-state index contributed by atoms with van der Waals surface area (Å²) in [6.45, 7) is 0. The molecule has 0 spiro atoms. The average molecular weight is 625 g/mol. The summed E-state index contributed by atoms with van der Waals surface area (Å²) in [6, 6.07) is 72.4. The molecule has 0 amide bonds. The van der Waals surface area contributed by atoms with Gasteiger partial charge >= 0.3 is 0 Å². The number of hydrogen-bond acceptors (Lipinski definition) is 0. The molecule has 0 bridgehead atoms. The van der Waals surface area contributed by atoms with Crippen molar-refractivity contribution in [3.8, 4) is 0 Å². The number of rotatable bonds is 9. The van der Waals surface area contributed by atoms with Crippen LogP contribution < -0.4 is 13.4 Å². The van der Waals surface area contributed by atoms with Crippen LogP contribution in [0.2, 0.25) is 0 Å². The zero-order valence-corrected chi connectivity index (χ0v) is 27.9. The lowest BCUT2D eigenvalue weighted by molar-refractivity contribution is 0.593. The Morgan fingerprint density at radius 2 is 0.354 bits per heavy atom. The minimum atomic E-state index is 0.496. The molecular formula is C45H42N3+3. The maximum Gasteiger partial charge on any atom is 0.154 e. The maximum atomic E-state index is 2.42. The number of benzene rings is 7. The number of nitrogens with zero attached hydrogens (tertiary/aromatic N) is 3. The summed E-state index contributed by atoms with van der Waals surface area (Å²) in [5.41, 5.74) is 10.7. The lowest BCUT2D eigenvalue weighted by Crippen LogP contribution is -2.38. The molecule has 0 aromatic heterocycles. The van der Waals surface area contributed by atoms with Crippen LogP contribution in [0.25, 0.3) is 0 Å². The highest BCUT2D eigenvalue weighted by Gasteiger charge is 2.41. The summed E-state index contributed by atoms with van der Waals surface area (Å²) in [5, 5.41) is 0. The van der Waals surface area contributed by atoms with Crippen LogP contribution in [0.4, 0.5) is 51.2 Å². The van der Waals surface area contributed by atoms with E-state index in [1.165, 1.54) is 51.2 Å². The molecule has 0 saturated carbocycles. The Morgan fingerprint density at radius 1 is 0.208 bits per heavy atom. The Kier molecular flexibility index (Phi) is 8.34. The number of quaternary nitrogens is 3. The largest absolute Gasteiger partial charge is 0.229 e. The van der Waals surface area contributed by atoms with Crippen LogP contribution in [-0.2, 0) is 0 Å². The molecule has 0 fully saturated rings. The van der Waals surface area contributed by atoms with E-state index < -0.39 is 0 Å². The normalized spacial score (nSPS) is 12.1. The Hall–Kier alpha value is -5.58. The quantitative estimate of drug-likeness (QED) is 0.140. The Morgan fingerprint density at radius 3 is 0.500 bits per heavy atom. The zero-order chi connectivity index (χ0) is 33.0. The molecule has 7 aromatic carbocycles. The van der Waals surface area contributed by atoms with Crippen LogP contribution in [0.15, 0.2) is 200 Å². The summed E-state index contributed by atoms with van der Waals surface area (Å²) in [6.07, 6.45) is 0. The molecule has 48 heavy (non-hydrogen) atoms. The van der Waals surface area contributed by atoms with E-state index in [1.807, 2.05) is 0 Å². The molecule has 0 radical (unpaired) electrons. The molecule has 0 atom stereocenters. The van der Waals surface area contributed by atoms with E-state index in [9.17, 15) is 0 Å². The van der Waals surface area contributed by atoms with Crippen molar-refractivity contribution in [2.75, 3.05) is 21.1 Å². The smallest absolute Gasteiger partial charge is 0.154 e. The molecule has 3 nitrogen and oxygen atoms in total. The average Bonchev–Trinajstić information content (AvgIpc) is 3.18. The van der Waals surface area contributed by atoms with Crippen molar-refractivity contribution < 1.29 is 0 Å². The monoisotopic (exact) mass is 624 g/mol. The second kappa shape index (κ2) is 12.9. The fraction of sp³-hybridized carbons (Fsp3) is 0.0667. The van der Waals surface area contributed by atoms with Gasteiger partial charge in [-0.25, -0.2) is 13.4 Å². The second-order valence-electron chi connectivity index (χ2n) is 12.7. The van der Waals surface area contributed by atoms with Crippen LogP contribution in [0.1, 0.15) is 0 Å². The van der Waals surface area contributed by atoms with Gasteiger partial charge in [-0.1, -0.05) is 109 Å². The molecule has 0 unspecified atom stereocenters. The minimum Gasteiger partial charge on any atom is -0.229 e. The van der Waals surface area contributed by atoms with Gasteiger partial charge in [0.25, 0.3) is 0 Å². The van der Waals surface area contributed by atoms with Crippen LogP contribution >= 0.6 is 0 Å². The van der Waals surface area contributed by atoms with Crippen LogP contribution in [-0.4, -0.2) is 21.1 Å². The fourth-order valence-corrected chi connectivity index (χ4v) is 7.05. The van der Waals surface area contributed by atoms with E-state index in [-0.39, 0.29) is 0 Å². The Bertz CT molecular complexity index is 1700. The maximum absolute atomic E-state index is 2.42. The van der Waals surface area contributed by atoms with E-state index in [1.54, 1.807) is 0 Å². The zero-order valence-electron chi connectivity index (χ0n) is 27.9. The Labute approximate surface area is 285 Å². The summed E-state index contributed by atoms with van der Waals surface area (Å²) < 4.78 is 1.49. The van der Waals surface area contributed by atoms with Crippen molar-refractivity contribution in [2.45, 2.75) is 0 Å². The van der Waals surface area contributed by atoms with E-state index in [4.69, 9.17) is 0 Å². The third-order valence-electron chi connectivity index (χ3n) is 10.1. The first-order valence-corrected chi connectivity index (χ1v) is 16.6. The summed E-state index contributed by atoms with van der Waals surface area (Å²) >= 11 is 0. The SMILES string of the molecule is C[N+](c1ccccc1)(c1ccccc1)c1cc([N+](C)(c2ccccc2)c2ccccc2)cc([N+](C)(c2ccccc2)c2ccccc2)c1. The molecule has 7 aromatic rings. The predicted molar refractivity (Wildman–Crippen MR) is 206 cm³/mol. The lowest BCUT2D eigenvalue weighted by atomic mass is 10.0. The highest BCUT2D eigenvalue weighted by molar-refractivity contribution is 5.83. The molecule has 7 rings (SSSR count). The van der Waals surface area contributed by atoms with E-state index in [2.05, 4.69) is 221 Å². The van der Waals surface area contributed by atoms with Crippen LogP contribution in [0.3, 0.4) is 0 Å². The van der Waals surface area contributed by atoms with Gasteiger partial charge in [-0.3, -0.25) is 0 Å². The molecule has 0 heterocycles. The van der Waals surface area contributed by atoms with Crippen molar-refractivity contribution >= 4 is 51.2 Å². The topological polar surface area (TPSA) is 0 Å². The fourth-order valence-electron chi connectivity index (χ4n) is 7.05. The molecule has 3 heteroatoms. The third-order valence-corrected chi connectivity index (χ3v) is 10.1. The third kappa shape index (κ3) is 5.34. The first-order valence-electron chi connectivity index (χ1n) is 16.6. The van der Waals surface area contributed by atoms with Crippen LogP contribution in [0, 0.1) is 0 Å². The Balaban J connectivity index is 1.62. The van der Waals surface area contributed by atoms with Gasteiger partial charge in [0.1, 0.15) is 34.1 Å². The first kappa shape index (κ1) is 31.0. The molecule has 0 N–H and O–H groups in total. The van der Waals surface area contributed by atoms with Gasteiger partial charge in [-0.05, 0) is 72.8 Å². The molecule has 234 valence electrons. The van der Waals surface area contributed by atoms with Gasteiger partial charge in [0, 0.05) is 0 Å². The van der Waals surface area contributed by atoms with Crippen molar-refractivity contribution in [3.63, 3.8) is 0 Å². The van der Waals surface area contributed by atoms with Gasteiger partial charge < -0.3 is 0 Å². The number of para-hydroxylation sites is 6. The first-order chi connectivity index (χ1) is 23.4. The van der Waals surface area contributed by atoms with Gasteiger partial charge in [0.2, 0.25) is 0 Å². The van der Waals surface area contributed by atoms with Crippen molar-refractivity contribution in [1.29, 1.82) is 0 Å². The standard InChI is InChI=1S/C45H42N3/c1-46(37-22-10-4-11-23-37,38-24-12-5-13-25-38)43-34-44(47(2,39-26-14-6-15-27-39)40-28-16-7-17-29-40)36-45(35-43)48(3,41-30-18-8-19-31-41)42-32-20-9-21-33-42/h4-36H,1-3H3/q+3. The predicted octanol–water partition coefficient (Wildman–Crippen LogP) is 12.5. The second-order valence-corrected chi connectivity index (χ2v) is 12.7. The minimum absolute atomic E-state index is 0.496. The molecule has 0 aliphatic heterocycles. The van der Waals surface area contributed by atoms with Gasteiger partial charge in [-0.2, -0.15) is 0 Å². The molecule has 0 saturated heterocycles. The highest BCUT2D eigenvalue weighted by atomic mass is 15.4. The molecule has 0 aliphatic rings. The van der Waals surface area contributed by atoms with E-state index >= 15 is 0 Å². The number of hydrogen-bond donors (Lipinski definition) is 0. The van der Waals surface area contributed by atoms with Gasteiger partial charge in [0.15, 0.2) is 17.1 Å². The summed E-state index contributed by atoms with van der Waals surface area (Å²) in [7, 11) is 6.95. The van der Waals surface area contributed by atoms with Gasteiger partial charge in [-0.15, -0.1) is 0 Å². The highest BCUT2D eigenvalue weighted by Crippen LogP contribution is 2.52. The molecule has 0 aliphatic carbocycles. The lowest BCUT2D eigenvalue weighted by Gasteiger charge is -2.39. The summed E-state index contributed by atoms with van der Waals surface area (Å²) in [4.78, 5) is 0. The van der Waals surface area contributed by atoms with E-state index in [0.717, 1.165) is 0 Å². The van der Waals surface area contributed by atoms with Crippen molar-refractivity contribution in [2.24, 2.45) is 0 Å².